The molecule has 1 unspecified atom stereocenters. The number of benzene rings is 2. The Hall–Kier alpha value is -2.66. The molecule has 5 heteroatoms. The molecule has 0 fully saturated rings. The molecule has 4 rings (SSSR count). The number of ether oxygens (including phenoxy) is 1. The summed E-state index contributed by atoms with van der Waals surface area (Å²) in [5.41, 5.74) is 4.99. The van der Waals surface area contributed by atoms with E-state index in [1.165, 1.54) is 0 Å². The van der Waals surface area contributed by atoms with Crippen molar-refractivity contribution in [2.75, 3.05) is 6.61 Å². The predicted molar refractivity (Wildman–Crippen MR) is 120 cm³/mol. The van der Waals surface area contributed by atoms with Crippen LogP contribution in [0.1, 0.15) is 43.2 Å². The summed E-state index contributed by atoms with van der Waals surface area (Å²) < 4.78 is 6.62. The first-order valence-electron chi connectivity index (χ1n) is 10.2. The molecule has 2 aliphatic rings. The minimum atomic E-state index is -0.397. The number of dihydropyridines is 1. The second-order valence-electron chi connectivity index (χ2n) is 7.69. The van der Waals surface area contributed by atoms with Gasteiger partial charge in [0.15, 0.2) is 5.78 Å². The molecule has 0 bridgehead atoms. The van der Waals surface area contributed by atoms with Crippen LogP contribution in [0.15, 0.2) is 81.6 Å². The van der Waals surface area contributed by atoms with Crippen LogP contribution in [0.3, 0.4) is 0 Å². The molecule has 0 amide bonds. The zero-order valence-electron chi connectivity index (χ0n) is 16.9. The second-order valence-corrected chi connectivity index (χ2v) is 8.60. The summed E-state index contributed by atoms with van der Waals surface area (Å²) in [5.74, 6) is -0.654. The molecule has 30 heavy (non-hydrogen) atoms. The van der Waals surface area contributed by atoms with Gasteiger partial charge in [0.05, 0.1) is 12.2 Å². The quantitative estimate of drug-likeness (QED) is 0.616. The molecule has 0 aromatic heterocycles. The van der Waals surface area contributed by atoms with E-state index in [9.17, 15) is 9.59 Å². The van der Waals surface area contributed by atoms with Gasteiger partial charge in [0.1, 0.15) is 0 Å². The van der Waals surface area contributed by atoms with E-state index < -0.39 is 5.92 Å². The monoisotopic (exact) mass is 465 g/mol. The lowest BCUT2D eigenvalue weighted by atomic mass is 9.75. The van der Waals surface area contributed by atoms with E-state index in [0.717, 1.165) is 39.8 Å². The largest absolute Gasteiger partial charge is 0.462 e. The normalized spacial score (nSPS) is 18.7. The number of carbonyl (C=O) groups is 2. The number of hydrogen-bond donors (Lipinski definition) is 1. The number of halogens is 1. The van der Waals surface area contributed by atoms with Gasteiger partial charge >= 0.3 is 5.97 Å². The minimum absolute atomic E-state index is 0.110. The summed E-state index contributed by atoms with van der Waals surface area (Å²) in [5, 5.41) is 3.33. The highest BCUT2D eigenvalue weighted by Gasteiger charge is 2.39. The third-order valence-corrected chi connectivity index (χ3v) is 6.19. The highest BCUT2D eigenvalue weighted by Crippen LogP contribution is 2.42. The lowest BCUT2D eigenvalue weighted by molar-refractivity contribution is -0.139. The lowest BCUT2D eigenvalue weighted by Crippen LogP contribution is -2.34. The van der Waals surface area contributed by atoms with Gasteiger partial charge in [-0.3, -0.25) is 4.79 Å². The van der Waals surface area contributed by atoms with Crippen LogP contribution >= 0.6 is 15.9 Å². The topological polar surface area (TPSA) is 55.4 Å². The molecule has 0 saturated heterocycles. The fourth-order valence-electron chi connectivity index (χ4n) is 4.23. The van der Waals surface area contributed by atoms with E-state index in [1.807, 2.05) is 61.5 Å². The van der Waals surface area contributed by atoms with Crippen LogP contribution in [-0.2, 0) is 20.7 Å². The average molecular weight is 466 g/mol. The number of allylic oxidation sites excluding steroid dienone is 3. The Balaban J connectivity index is 1.63. The zero-order valence-corrected chi connectivity index (χ0v) is 18.5. The summed E-state index contributed by atoms with van der Waals surface area (Å²) in [6.45, 7) is 2.19. The lowest BCUT2D eigenvalue weighted by Gasteiger charge is -2.34. The van der Waals surface area contributed by atoms with Gasteiger partial charge < -0.3 is 10.1 Å². The first kappa shape index (κ1) is 20.6. The Morgan fingerprint density at radius 3 is 2.57 bits per heavy atom. The van der Waals surface area contributed by atoms with E-state index in [1.54, 1.807) is 0 Å². The van der Waals surface area contributed by atoms with Crippen molar-refractivity contribution >= 4 is 27.7 Å². The Morgan fingerprint density at radius 2 is 1.83 bits per heavy atom. The number of ketones is 1. The third kappa shape index (κ3) is 4.26. The average Bonchev–Trinajstić information content (AvgIpc) is 2.74. The van der Waals surface area contributed by atoms with Gasteiger partial charge in [-0.2, -0.15) is 0 Å². The molecule has 4 nitrogen and oxygen atoms in total. The SMILES string of the molecule is CC1=C(C(=O)OCCc2ccccc2)C(c2ccc(Br)cc2)C2=C(CCCC2=O)N1. The molecular weight excluding hydrogens is 442 g/mol. The number of nitrogens with one attached hydrogen (secondary N) is 1. The number of carbonyl (C=O) groups excluding carboxylic acids is 2. The molecule has 1 heterocycles. The van der Waals surface area contributed by atoms with Crippen molar-refractivity contribution in [2.24, 2.45) is 0 Å². The van der Waals surface area contributed by atoms with Gasteiger partial charge in [-0.05, 0) is 43.0 Å². The predicted octanol–water partition coefficient (Wildman–Crippen LogP) is 5.20. The van der Waals surface area contributed by atoms with Crippen LogP contribution in [0, 0.1) is 0 Å². The van der Waals surface area contributed by atoms with Crippen molar-refractivity contribution < 1.29 is 14.3 Å². The molecule has 0 spiro atoms. The van der Waals surface area contributed by atoms with Crippen LogP contribution in [-0.4, -0.2) is 18.4 Å². The highest BCUT2D eigenvalue weighted by atomic mass is 79.9. The van der Waals surface area contributed by atoms with E-state index in [0.29, 0.717) is 30.6 Å². The maximum Gasteiger partial charge on any atom is 0.336 e. The van der Waals surface area contributed by atoms with Crippen molar-refractivity contribution in [1.82, 2.24) is 5.32 Å². The van der Waals surface area contributed by atoms with Gasteiger partial charge in [0, 0.05) is 40.2 Å². The third-order valence-electron chi connectivity index (χ3n) is 5.67. The maximum absolute atomic E-state index is 13.2. The van der Waals surface area contributed by atoms with Gasteiger partial charge in [-0.25, -0.2) is 4.79 Å². The molecule has 1 N–H and O–H groups in total. The molecule has 2 aromatic rings. The standard InChI is InChI=1S/C25H24BrNO3/c1-16-22(25(29)30-15-14-17-6-3-2-4-7-17)23(18-10-12-19(26)13-11-18)24-20(27-16)8-5-9-21(24)28/h2-4,6-7,10-13,23,27H,5,8-9,14-15H2,1H3. The molecule has 2 aromatic carbocycles. The Bertz CT molecular complexity index is 1020. The van der Waals surface area contributed by atoms with Crippen LogP contribution in [0.4, 0.5) is 0 Å². The fraction of sp³-hybridized carbons (Fsp3) is 0.280. The number of rotatable bonds is 5. The molecule has 0 saturated carbocycles. The zero-order chi connectivity index (χ0) is 21.1. The summed E-state index contributed by atoms with van der Waals surface area (Å²) in [6, 6.07) is 17.8. The summed E-state index contributed by atoms with van der Waals surface area (Å²) >= 11 is 3.47. The van der Waals surface area contributed by atoms with Gasteiger partial charge in [-0.1, -0.05) is 58.4 Å². The van der Waals surface area contributed by atoms with Crippen LogP contribution < -0.4 is 5.32 Å². The van der Waals surface area contributed by atoms with Crippen LogP contribution in [0.25, 0.3) is 0 Å². The van der Waals surface area contributed by atoms with E-state index in [4.69, 9.17) is 4.74 Å². The summed E-state index contributed by atoms with van der Waals surface area (Å²) in [6.07, 6.45) is 2.83. The van der Waals surface area contributed by atoms with Crippen LogP contribution in [0.5, 0.6) is 0 Å². The van der Waals surface area contributed by atoms with Gasteiger partial charge in [0.2, 0.25) is 0 Å². The maximum atomic E-state index is 13.2. The summed E-state index contributed by atoms with van der Waals surface area (Å²) in [7, 11) is 0. The first-order chi connectivity index (χ1) is 14.5. The number of hydrogen-bond acceptors (Lipinski definition) is 4. The molecule has 0 radical (unpaired) electrons. The van der Waals surface area contributed by atoms with Crippen molar-refractivity contribution in [3.63, 3.8) is 0 Å². The van der Waals surface area contributed by atoms with Crippen molar-refractivity contribution in [1.29, 1.82) is 0 Å². The van der Waals surface area contributed by atoms with Gasteiger partial charge in [-0.15, -0.1) is 0 Å². The fourth-order valence-corrected chi connectivity index (χ4v) is 4.49. The second kappa shape index (κ2) is 9.00. The molecule has 1 atom stereocenters. The van der Waals surface area contributed by atoms with E-state index >= 15 is 0 Å². The Morgan fingerprint density at radius 1 is 1.10 bits per heavy atom. The number of esters is 1. The van der Waals surface area contributed by atoms with E-state index in [2.05, 4.69) is 21.2 Å². The smallest absolute Gasteiger partial charge is 0.336 e. The summed E-state index contributed by atoms with van der Waals surface area (Å²) in [4.78, 5) is 26.0. The molecular formula is C25H24BrNO3. The van der Waals surface area contributed by atoms with Crippen molar-refractivity contribution in [2.45, 2.75) is 38.5 Å². The minimum Gasteiger partial charge on any atom is -0.462 e. The van der Waals surface area contributed by atoms with Gasteiger partial charge in [0.25, 0.3) is 0 Å². The van der Waals surface area contributed by atoms with Crippen molar-refractivity contribution in [3.05, 3.63) is 92.7 Å². The van der Waals surface area contributed by atoms with Crippen molar-refractivity contribution in [3.8, 4) is 0 Å². The number of Topliss-reactive ketones (excluding diaryl/α,β-unsaturated/α-hetero) is 1. The molecule has 1 aliphatic heterocycles. The first-order valence-corrected chi connectivity index (χ1v) is 11.0. The highest BCUT2D eigenvalue weighted by molar-refractivity contribution is 9.10. The Labute approximate surface area is 185 Å². The molecule has 1 aliphatic carbocycles. The van der Waals surface area contributed by atoms with Crippen LogP contribution in [0.2, 0.25) is 0 Å². The molecule has 154 valence electrons. The van der Waals surface area contributed by atoms with E-state index in [-0.39, 0.29) is 11.8 Å². The Kier molecular flexibility index (Phi) is 6.18.